The van der Waals surface area contributed by atoms with E-state index in [4.69, 9.17) is 26.5 Å². The Morgan fingerprint density at radius 3 is 2.49 bits per heavy atom. The molecule has 2 amide bonds. The fraction of sp³-hybridized carbons (Fsp3) is 0.194. The highest BCUT2D eigenvalue weighted by atomic mass is 35.5. The number of pyridine rings is 1. The summed E-state index contributed by atoms with van der Waals surface area (Å²) in [5, 5.41) is 3.41. The molecule has 0 saturated heterocycles. The summed E-state index contributed by atoms with van der Waals surface area (Å²) in [6.45, 7) is 5.91. The number of carbonyl (C=O) groups is 2. The molecule has 0 spiro atoms. The lowest BCUT2D eigenvalue weighted by Gasteiger charge is -2.15. The zero-order valence-electron chi connectivity index (χ0n) is 23.1. The predicted octanol–water partition coefficient (Wildman–Crippen LogP) is 8.59. The van der Waals surface area contributed by atoms with E-state index in [1.807, 2.05) is 32.9 Å². The number of aryl methyl sites for hydroxylation is 1. The molecule has 0 unspecified atom stereocenters. The molecule has 0 aliphatic rings. The van der Waals surface area contributed by atoms with Gasteiger partial charge in [0, 0.05) is 10.4 Å². The number of alkyl halides is 3. The summed E-state index contributed by atoms with van der Waals surface area (Å²) in [6.07, 6.45) is -4.74. The number of amides is 2. The molecule has 2 aromatic carbocycles. The maximum Gasteiger partial charge on any atom is 0.433 e. The Kier molecular flexibility index (Phi) is 8.22. The lowest BCUT2D eigenvalue weighted by Crippen LogP contribution is -2.16. The van der Waals surface area contributed by atoms with Crippen LogP contribution < -0.4 is 15.8 Å². The van der Waals surface area contributed by atoms with Crippen molar-refractivity contribution in [2.75, 3.05) is 5.32 Å². The van der Waals surface area contributed by atoms with Crippen LogP contribution in [0, 0.1) is 6.92 Å². The Morgan fingerprint density at radius 1 is 1.12 bits per heavy atom. The Labute approximate surface area is 253 Å². The first kappa shape index (κ1) is 30.1. The summed E-state index contributed by atoms with van der Waals surface area (Å²) < 4.78 is 52.9. The Balaban J connectivity index is 1.48. The van der Waals surface area contributed by atoms with Gasteiger partial charge in [-0.15, -0.1) is 11.3 Å². The number of carbonyl (C=O) groups excluding carboxylic acids is 2. The minimum absolute atomic E-state index is 0.0181. The van der Waals surface area contributed by atoms with Crippen molar-refractivity contribution in [3.63, 3.8) is 0 Å². The maximum absolute atomic E-state index is 13.7. The zero-order valence-corrected chi connectivity index (χ0v) is 24.7. The second-order valence-corrected chi connectivity index (χ2v) is 11.5. The number of nitrogens with one attached hydrogen (secondary N) is 1. The number of hydrogen-bond donors (Lipinski definition) is 2. The first-order valence-corrected chi connectivity index (χ1v) is 14.3. The number of rotatable bonds is 8. The van der Waals surface area contributed by atoms with Crippen LogP contribution in [0.4, 0.5) is 18.9 Å². The fourth-order valence-electron chi connectivity index (χ4n) is 4.53. The fourth-order valence-corrected chi connectivity index (χ4v) is 5.71. The Morgan fingerprint density at radius 2 is 1.84 bits per heavy atom. The molecule has 3 aromatic heterocycles. The van der Waals surface area contributed by atoms with E-state index in [-0.39, 0.29) is 44.6 Å². The number of nitrogens with zero attached hydrogens (tertiary/aromatic N) is 1. The van der Waals surface area contributed by atoms with Gasteiger partial charge >= 0.3 is 6.18 Å². The number of ether oxygens (including phenoxy) is 1. The molecule has 3 N–H and O–H groups in total. The third-order valence-corrected chi connectivity index (χ3v) is 8.17. The van der Waals surface area contributed by atoms with E-state index in [0.717, 1.165) is 17.2 Å². The lowest BCUT2D eigenvalue weighted by atomic mass is 10.0. The quantitative estimate of drug-likeness (QED) is 0.179. The van der Waals surface area contributed by atoms with Crippen molar-refractivity contribution in [2.24, 2.45) is 5.73 Å². The molecule has 0 atom stereocenters. The van der Waals surface area contributed by atoms with Crippen molar-refractivity contribution in [2.45, 2.75) is 39.5 Å². The van der Waals surface area contributed by atoms with Gasteiger partial charge < -0.3 is 20.2 Å². The van der Waals surface area contributed by atoms with Crippen LogP contribution in [-0.4, -0.2) is 16.8 Å². The van der Waals surface area contributed by atoms with Crippen molar-refractivity contribution >= 4 is 50.7 Å². The van der Waals surface area contributed by atoms with Gasteiger partial charge in [-0.25, -0.2) is 4.98 Å². The second-order valence-electron chi connectivity index (χ2n) is 10.1. The number of primary amides is 1. The van der Waals surface area contributed by atoms with E-state index < -0.39 is 23.7 Å². The van der Waals surface area contributed by atoms with Gasteiger partial charge in [-0.1, -0.05) is 55.8 Å². The normalized spacial score (nSPS) is 11.7. The van der Waals surface area contributed by atoms with E-state index >= 15 is 0 Å². The molecule has 5 aromatic rings. The highest BCUT2D eigenvalue weighted by Crippen LogP contribution is 2.44. The average Bonchev–Trinajstić information content (AvgIpc) is 3.58. The molecule has 0 aliphatic carbocycles. The average molecular weight is 628 g/mol. The van der Waals surface area contributed by atoms with Gasteiger partial charge in [-0.3, -0.25) is 9.59 Å². The number of hydrogen-bond acceptors (Lipinski definition) is 6. The van der Waals surface area contributed by atoms with Crippen molar-refractivity contribution in [3.8, 4) is 16.9 Å². The topological polar surface area (TPSA) is 107 Å². The maximum atomic E-state index is 13.7. The van der Waals surface area contributed by atoms with Crippen LogP contribution in [0.5, 0.6) is 5.75 Å². The minimum atomic E-state index is -4.74. The third-order valence-electron chi connectivity index (χ3n) is 6.67. The monoisotopic (exact) mass is 627 g/mol. The van der Waals surface area contributed by atoms with Gasteiger partial charge in [0.1, 0.15) is 33.5 Å². The van der Waals surface area contributed by atoms with Crippen LogP contribution in [0.3, 0.4) is 0 Å². The summed E-state index contributed by atoms with van der Waals surface area (Å²) >= 11 is 6.95. The molecule has 12 heteroatoms. The molecule has 5 rings (SSSR count). The van der Waals surface area contributed by atoms with Crippen LogP contribution in [0.1, 0.15) is 62.6 Å². The van der Waals surface area contributed by atoms with Gasteiger partial charge in [0.05, 0.1) is 5.69 Å². The number of halogens is 4. The molecule has 0 radical (unpaired) electrons. The van der Waals surface area contributed by atoms with Gasteiger partial charge in [0.25, 0.3) is 11.8 Å². The zero-order chi connectivity index (χ0) is 31.1. The highest BCUT2D eigenvalue weighted by Gasteiger charge is 2.35. The predicted molar refractivity (Wildman–Crippen MR) is 160 cm³/mol. The smallest absolute Gasteiger partial charge is 0.433 e. The van der Waals surface area contributed by atoms with E-state index in [1.165, 1.54) is 6.07 Å². The first-order valence-electron chi connectivity index (χ1n) is 13.1. The van der Waals surface area contributed by atoms with Crippen molar-refractivity contribution in [3.05, 3.63) is 98.9 Å². The molecule has 3 heterocycles. The molecule has 43 heavy (non-hydrogen) atoms. The summed E-state index contributed by atoms with van der Waals surface area (Å²) in [5.74, 6) is -0.649. The summed E-state index contributed by atoms with van der Waals surface area (Å²) in [4.78, 5) is 29.2. The Hall–Kier alpha value is -4.35. The van der Waals surface area contributed by atoms with E-state index in [1.54, 1.807) is 36.4 Å². The third kappa shape index (κ3) is 6.23. The van der Waals surface area contributed by atoms with Gasteiger partial charge in [0.2, 0.25) is 0 Å². The van der Waals surface area contributed by atoms with Crippen LogP contribution in [-0.2, 0) is 12.8 Å². The summed E-state index contributed by atoms with van der Waals surface area (Å²) in [7, 11) is 0. The SMILES string of the molecule is Cc1cc(OCc2ccc(C(=O)Nc3c(C(N)=O)sc4nc(C(F)(F)F)cc(-c5ccccc5)c34)o2)c(C(C)C)cc1Cl. The molecule has 222 valence electrons. The van der Waals surface area contributed by atoms with Crippen LogP contribution in [0.2, 0.25) is 5.02 Å². The molecule has 0 bridgehead atoms. The van der Waals surface area contributed by atoms with Crippen LogP contribution >= 0.6 is 22.9 Å². The number of fused-ring (bicyclic) bond motifs is 1. The van der Waals surface area contributed by atoms with Crippen LogP contribution in [0.25, 0.3) is 21.3 Å². The largest absolute Gasteiger partial charge is 0.485 e. The summed E-state index contributed by atoms with van der Waals surface area (Å²) in [5.41, 5.74) is 6.72. The van der Waals surface area contributed by atoms with Crippen molar-refractivity contribution in [1.82, 2.24) is 4.98 Å². The second kappa shape index (κ2) is 11.7. The molecule has 0 saturated carbocycles. The molecule has 7 nitrogen and oxygen atoms in total. The van der Waals surface area contributed by atoms with Gasteiger partial charge in [-0.05, 0) is 65.4 Å². The van der Waals surface area contributed by atoms with Gasteiger partial charge in [0.15, 0.2) is 5.76 Å². The van der Waals surface area contributed by atoms with Crippen molar-refractivity contribution < 1.29 is 31.9 Å². The molecular formula is C31H25ClF3N3O4S. The lowest BCUT2D eigenvalue weighted by molar-refractivity contribution is -0.140. The summed E-state index contributed by atoms with van der Waals surface area (Å²) in [6, 6.07) is 15.9. The molecule has 0 fully saturated rings. The van der Waals surface area contributed by atoms with E-state index in [2.05, 4.69) is 10.3 Å². The Bertz CT molecular complexity index is 1850. The number of thiophene rings is 1. The van der Waals surface area contributed by atoms with Gasteiger partial charge in [-0.2, -0.15) is 13.2 Å². The minimum Gasteiger partial charge on any atom is -0.485 e. The number of benzene rings is 2. The number of furan rings is 1. The number of aromatic nitrogens is 1. The number of nitrogens with two attached hydrogens (primary N) is 1. The first-order chi connectivity index (χ1) is 20.3. The number of anilines is 1. The highest BCUT2D eigenvalue weighted by molar-refractivity contribution is 7.21. The van der Waals surface area contributed by atoms with E-state index in [9.17, 15) is 22.8 Å². The standard InChI is InChI=1S/C31H25ClF3N3O4S/c1-15(2)19-12-21(32)16(3)11-23(19)41-14-18-9-10-22(42-18)29(40)38-26-25-20(17-7-5-4-6-8-17)13-24(31(33,34)35)37-30(25)43-27(26)28(36)39/h4-13,15H,14H2,1-3H3,(H2,36,39)(H,38,40). The van der Waals surface area contributed by atoms with Crippen LogP contribution in [0.15, 0.2) is 65.1 Å². The van der Waals surface area contributed by atoms with Crippen molar-refractivity contribution in [1.29, 1.82) is 0 Å². The molecular weight excluding hydrogens is 603 g/mol. The molecule has 0 aliphatic heterocycles. The van der Waals surface area contributed by atoms with E-state index in [0.29, 0.717) is 33.4 Å².